The lowest BCUT2D eigenvalue weighted by atomic mass is 9.94. The molecule has 2 aliphatic heterocycles. The number of amides is 2. The lowest BCUT2D eigenvalue weighted by Crippen LogP contribution is -2.54. The Morgan fingerprint density at radius 3 is 2.05 bits per heavy atom. The average Bonchev–Trinajstić information content (AvgIpc) is 2.48. The highest BCUT2D eigenvalue weighted by Gasteiger charge is 2.28. The minimum atomic E-state index is -0.750. The minimum Gasteiger partial charge on any atom is -0.481 e. The predicted molar refractivity (Wildman–Crippen MR) is 77.0 cm³/mol. The number of β-amino-alcohol motifs (C(OH)–C–C–N with tert-alkyl or cyclic N) is 1. The number of aliphatic hydroxyl groups is 1. The number of piperidine rings is 1. The summed E-state index contributed by atoms with van der Waals surface area (Å²) in [6.07, 6.45) is 1.77. The summed E-state index contributed by atoms with van der Waals surface area (Å²) >= 11 is 0. The molecule has 7 nitrogen and oxygen atoms in total. The van der Waals surface area contributed by atoms with Gasteiger partial charge in [-0.1, -0.05) is 0 Å². The topological polar surface area (TPSA) is 84.3 Å². The van der Waals surface area contributed by atoms with E-state index < -0.39 is 5.97 Å². The molecule has 2 amide bonds. The maximum absolute atomic E-state index is 12.4. The van der Waals surface area contributed by atoms with Crippen molar-refractivity contribution in [2.24, 2.45) is 5.92 Å². The van der Waals surface area contributed by atoms with Gasteiger partial charge < -0.3 is 20.0 Å². The van der Waals surface area contributed by atoms with Crippen molar-refractivity contribution in [3.8, 4) is 0 Å². The second kappa shape index (κ2) is 7.61. The Labute approximate surface area is 125 Å². The molecule has 2 rings (SSSR count). The van der Waals surface area contributed by atoms with Gasteiger partial charge >= 0.3 is 12.0 Å². The van der Waals surface area contributed by atoms with Crippen LogP contribution in [0, 0.1) is 5.92 Å². The number of rotatable bonds is 4. The smallest absolute Gasteiger partial charge is 0.320 e. The summed E-state index contributed by atoms with van der Waals surface area (Å²) in [6, 6.07) is 0.0763. The van der Waals surface area contributed by atoms with Gasteiger partial charge in [0.1, 0.15) is 0 Å². The second-order valence-corrected chi connectivity index (χ2v) is 5.86. The van der Waals surface area contributed by atoms with Gasteiger partial charge in [0.2, 0.25) is 0 Å². The Balaban J connectivity index is 1.74. The quantitative estimate of drug-likeness (QED) is 0.757. The first-order valence-corrected chi connectivity index (χ1v) is 7.69. The fourth-order valence-corrected chi connectivity index (χ4v) is 3.08. The number of carbonyl (C=O) groups is 2. The lowest BCUT2D eigenvalue weighted by Gasteiger charge is -2.39. The maximum atomic E-state index is 12.4. The van der Waals surface area contributed by atoms with Crippen molar-refractivity contribution < 1.29 is 19.8 Å². The zero-order valence-electron chi connectivity index (χ0n) is 12.4. The number of hydrogen-bond acceptors (Lipinski definition) is 4. The first-order chi connectivity index (χ1) is 10.1. The Morgan fingerprint density at radius 1 is 0.952 bits per heavy atom. The molecule has 0 atom stereocenters. The number of nitrogens with zero attached hydrogens (tertiary/aromatic N) is 3. The second-order valence-electron chi connectivity index (χ2n) is 5.86. The van der Waals surface area contributed by atoms with E-state index in [1.54, 1.807) is 0 Å². The summed E-state index contributed by atoms with van der Waals surface area (Å²) in [5, 5.41) is 17.7. The van der Waals surface area contributed by atoms with Crippen molar-refractivity contribution in [2.45, 2.75) is 19.3 Å². The molecule has 0 aliphatic carbocycles. The molecule has 120 valence electrons. The Kier molecular flexibility index (Phi) is 5.81. The Hall–Kier alpha value is -1.34. The highest BCUT2D eigenvalue weighted by molar-refractivity contribution is 5.74. The number of hydrogen-bond donors (Lipinski definition) is 2. The largest absolute Gasteiger partial charge is 0.481 e. The molecule has 0 spiro atoms. The minimum absolute atomic E-state index is 0.0763. The van der Waals surface area contributed by atoms with E-state index in [9.17, 15) is 9.59 Å². The number of likely N-dealkylation sites (tertiary alicyclic amines) is 1. The zero-order valence-corrected chi connectivity index (χ0v) is 12.4. The van der Waals surface area contributed by atoms with Crippen LogP contribution in [0.5, 0.6) is 0 Å². The third-order valence-corrected chi connectivity index (χ3v) is 4.41. The highest BCUT2D eigenvalue weighted by atomic mass is 16.4. The van der Waals surface area contributed by atoms with Crippen molar-refractivity contribution in [1.29, 1.82) is 0 Å². The van der Waals surface area contributed by atoms with Gasteiger partial charge in [-0.15, -0.1) is 0 Å². The molecule has 2 aliphatic rings. The van der Waals surface area contributed by atoms with E-state index in [1.165, 1.54) is 0 Å². The van der Waals surface area contributed by atoms with Crippen LogP contribution in [0.25, 0.3) is 0 Å². The van der Waals surface area contributed by atoms with E-state index in [0.717, 1.165) is 25.9 Å². The fraction of sp³-hybridized carbons (Fsp3) is 0.857. The van der Waals surface area contributed by atoms with Crippen LogP contribution in [0.2, 0.25) is 0 Å². The lowest BCUT2D eigenvalue weighted by molar-refractivity contribution is -0.138. The van der Waals surface area contributed by atoms with E-state index in [0.29, 0.717) is 32.7 Å². The van der Waals surface area contributed by atoms with Crippen LogP contribution in [0.15, 0.2) is 0 Å². The first-order valence-electron chi connectivity index (χ1n) is 7.69. The standard InChI is InChI=1S/C14H25N3O4/c18-10-9-15-5-7-17(8-6-15)14(21)16-3-1-12(2-4-16)11-13(19)20/h12,18H,1-11H2,(H,19,20). The van der Waals surface area contributed by atoms with Crippen LogP contribution in [-0.4, -0.2) is 89.3 Å². The van der Waals surface area contributed by atoms with E-state index in [1.807, 2.05) is 9.80 Å². The molecule has 2 fully saturated rings. The summed E-state index contributed by atoms with van der Waals surface area (Å²) in [4.78, 5) is 29.0. The van der Waals surface area contributed by atoms with Gasteiger partial charge in [0, 0.05) is 52.2 Å². The summed E-state index contributed by atoms with van der Waals surface area (Å²) in [5.74, 6) is -0.548. The molecule has 2 saturated heterocycles. The number of aliphatic hydroxyl groups excluding tert-OH is 1. The number of urea groups is 1. The molecule has 21 heavy (non-hydrogen) atoms. The molecule has 0 saturated carbocycles. The van der Waals surface area contributed by atoms with Gasteiger partial charge in [0.05, 0.1) is 6.61 Å². The van der Waals surface area contributed by atoms with Gasteiger partial charge in [-0.05, 0) is 18.8 Å². The first kappa shape index (κ1) is 16.0. The normalized spacial score (nSPS) is 21.6. The Bertz CT molecular complexity index is 361. The van der Waals surface area contributed by atoms with E-state index in [2.05, 4.69) is 4.90 Å². The number of piperazine rings is 1. The molecule has 0 aromatic rings. The van der Waals surface area contributed by atoms with Crippen molar-refractivity contribution in [1.82, 2.24) is 14.7 Å². The van der Waals surface area contributed by atoms with E-state index >= 15 is 0 Å². The van der Waals surface area contributed by atoms with Gasteiger partial charge in [0.25, 0.3) is 0 Å². The number of aliphatic carboxylic acids is 1. The van der Waals surface area contributed by atoms with E-state index in [4.69, 9.17) is 10.2 Å². The molecule has 0 radical (unpaired) electrons. The van der Waals surface area contributed by atoms with Gasteiger partial charge in [-0.2, -0.15) is 0 Å². The van der Waals surface area contributed by atoms with Crippen LogP contribution in [0.1, 0.15) is 19.3 Å². The number of carbonyl (C=O) groups excluding carboxylic acids is 1. The van der Waals surface area contributed by atoms with Crippen molar-refractivity contribution in [2.75, 3.05) is 52.4 Å². The molecule has 0 unspecified atom stereocenters. The third-order valence-electron chi connectivity index (χ3n) is 4.41. The molecule has 2 heterocycles. The summed E-state index contributed by atoms with van der Waals surface area (Å²) in [5.41, 5.74) is 0. The SMILES string of the molecule is O=C(O)CC1CCN(C(=O)N2CCN(CCO)CC2)CC1. The molecule has 7 heteroatoms. The average molecular weight is 299 g/mol. The number of carboxylic acid groups (broad SMARTS) is 1. The van der Waals surface area contributed by atoms with Gasteiger partial charge in [-0.3, -0.25) is 9.69 Å². The van der Waals surface area contributed by atoms with Crippen LogP contribution in [0.4, 0.5) is 4.79 Å². The monoisotopic (exact) mass is 299 g/mol. The third kappa shape index (κ3) is 4.57. The number of carboxylic acids is 1. The molecule has 0 aromatic heterocycles. The Morgan fingerprint density at radius 2 is 1.52 bits per heavy atom. The van der Waals surface area contributed by atoms with Gasteiger partial charge in [0.15, 0.2) is 0 Å². The molecular formula is C14H25N3O4. The summed E-state index contributed by atoms with van der Waals surface area (Å²) in [7, 11) is 0. The van der Waals surface area contributed by atoms with Gasteiger partial charge in [-0.25, -0.2) is 4.79 Å². The van der Waals surface area contributed by atoms with Crippen LogP contribution in [0.3, 0.4) is 0 Å². The highest BCUT2D eigenvalue weighted by Crippen LogP contribution is 2.21. The molecule has 0 aromatic carbocycles. The van der Waals surface area contributed by atoms with Crippen molar-refractivity contribution in [3.05, 3.63) is 0 Å². The molecule has 2 N–H and O–H groups in total. The maximum Gasteiger partial charge on any atom is 0.320 e. The molecule has 0 bridgehead atoms. The van der Waals surface area contributed by atoms with E-state index in [-0.39, 0.29) is 25.0 Å². The summed E-state index contributed by atoms with van der Waals surface area (Å²) in [6.45, 7) is 5.17. The van der Waals surface area contributed by atoms with Crippen LogP contribution in [-0.2, 0) is 4.79 Å². The zero-order chi connectivity index (χ0) is 15.2. The predicted octanol–water partition coefficient (Wildman–Crippen LogP) is -0.0970. The van der Waals surface area contributed by atoms with Crippen LogP contribution < -0.4 is 0 Å². The molecular weight excluding hydrogens is 274 g/mol. The van der Waals surface area contributed by atoms with Crippen molar-refractivity contribution >= 4 is 12.0 Å². The summed E-state index contributed by atoms with van der Waals surface area (Å²) < 4.78 is 0. The van der Waals surface area contributed by atoms with Crippen LogP contribution >= 0.6 is 0 Å². The van der Waals surface area contributed by atoms with Crippen molar-refractivity contribution in [3.63, 3.8) is 0 Å². The fourth-order valence-electron chi connectivity index (χ4n) is 3.08.